The Labute approximate surface area is 130 Å². The molecular formula is C17H21N3O2. The zero-order valence-electron chi connectivity index (χ0n) is 13.2. The quantitative estimate of drug-likeness (QED) is 0.945. The van der Waals surface area contributed by atoms with Crippen molar-refractivity contribution in [3.8, 4) is 0 Å². The fourth-order valence-corrected chi connectivity index (χ4v) is 2.97. The van der Waals surface area contributed by atoms with Crippen LogP contribution in [0, 0.1) is 13.8 Å². The number of H-pyrrole nitrogens is 1. The van der Waals surface area contributed by atoms with Crippen molar-refractivity contribution in [2.45, 2.75) is 33.0 Å². The first kappa shape index (κ1) is 14.8. The van der Waals surface area contributed by atoms with Crippen LogP contribution in [0.1, 0.15) is 32.9 Å². The van der Waals surface area contributed by atoms with Gasteiger partial charge in [-0.1, -0.05) is 24.3 Å². The zero-order chi connectivity index (χ0) is 15.7. The molecule has 1 aromatic heterocycles. The number of rotatable bonds is 3. The van der Waals surface area contributed by atoms with Crippen molar-refractivity contribution in [2.24, 2.45) is 0 Å². The highest BCUT2D eigenvalue weighted by molar-refractivity contribution is 5.96. The summed E-state index contributed by atoms with van der Waals surface area (Å²) in [7, 11) is 1.82. The molecule has 1 aliphatic heterocycles. The van der Waals surface area contributed by atoms with Gasteiger partial charge in [0.1, 0.15) is 0 Å². The van der Waals surface area contributed by atoms with Gasteiger partial charge in [-0.25, -0.2) is 0 Å². The fourth-order valence-electron chi connectivity index (χ4n) is 2.97. The zero-order valence-corrected chi connectivity index (χ0v) is 13.2. The van der Waals surface area contributed by atoms with Crippen molar-refractivity contribution in [3.05, 3.63) is 52.3 Å². The van der Waals surface area contributed by atoms with E-state index < -0.39 is 0 Å². The second-order valence-electron chi connectivity index (χ2n) is 5.90. The minimum Gasteiger partial charge on any atom is -0.371 e. The van der Waals surface area contributed by atoms with Gasteiger partial charge in [-0.2, -0.15) is 5.10 Å². The van der Waals surface area contributed by atoms with Crippen LogP contribution in [0.15, 0.2) is 24.3 Å². The average Bonchev–Trinajstić information content (AvgIpc) is 2.85. The lowest BCUT2D eigenvalue weighted by atomic mass is 9.99. The van der Waals surface area contributed by atoms with Crippen molar-refractivity contribution >= 4 is 5.91 Å². The van der Waals surface area contributed by atoms with E-state index in [9.17, 15) is 4.79 Å². The monoisotopic (exact) mass is 299 g/mol. The Bertz CT molecular complexity index is 673. The third-order valence-electron chi connectivity index (χ3n) is 4.21. The summed E-state index contributed by atoms with van der Waals surface area (Å²) in [6.45, 7) is 4.91. The third-order valence-corrected chi connectivity index (χ3v) is 4.21. The first-order valence-electron chi connectivity index (χ1n) is 7.51. The van der Waals surface area contributed by atoms with Crippen LogP contribution in [0.5, 0.6) is 0 Å². The Hall–Kier alpha value is -2.14. The Morgan fingerprint density at radius 1 is 1.36 bits per heavy atom. The minimum absolute atomic E-state index is 0.00814. The highest BCUT2D eigenvalue weighted by Crippen LogP contribution is 2.21. The van der Waals surface area contributed by atoms with Gasteiger partial charge in [0.2, 0.25) is 0 Å². The lowest BCUT2D eigenvalue weighted by molar-refractivity contribution is 0.00981. The molecule has 1 unspecified atom stereocenters. The number of fused-ring (bicyclic) bond motifs is 1. The lowest BCUT2D eigenvalue weighted by Gasteiger charge is -2.29. The van der Waals surface area contributed by atoms with Crippen LogP contribution in [-0.4, -0.2) is 40.7 Å². The van der Waals surface area contributed by atoms with Gasteiger partial charge in [-0.05, 0) is 25.0 Å². The fraction of sp³-hybridized carbons (Fsp3) is 0.412. The van der Waals surface area contributed by atoms with E-state index in [0.717, 1.165) is 17.8 Å². The molecule has 0 bridgehead atoms. The van der Waals surface area contributed by atoms with Crippen LogP contribution in [0.4, 0.5) is 0 Å². The van der Waals surface area contributed by atoms with Gasteiger partial charge < -0.3 is 9.64 Å². The maximum absolute atomic E-state index is 12.6. The maximum atomic E-state index is 12.6. The molecule has 5 heteroatoms. The number of nitrogens with one attached hydrogen (secondary N) is 1. The molecule has 2 aromatic rings. The number of aromatic nitrogens is 2. The van der Waals surface area contributed by atoms with E-state index in [0.29, 0.717) is 18.7 Å². The molecule has 1 atom stereocenters. The van der Waals surface area contributed by atoms with Gasteiger partial charge in [0.15, 0.2) is 0 Å². The Morgan fingerprint density at radius 3 is 2.77 bits per heavy atom. The SMILES string of the molecule is Cc1n[nH]c(C)c1C(=O)N(C)CC1Cc2ccccc2CO1. The van der Waals surface area contributed by atoms with Crippen LogP contribution >= 0.6 is 0 Å². The molecule has 0 saturated heterocycles. The van der Waals surface area contributed by atoms with Crippen LogP contribution in [0.2, 0.25) is 0 Å². The molecule has 2 heterocycles. The van der Waals surface area contributed by atoms with Crippen molar-refractivity contribution in [1.82, 2.24) is 15.1 Å². The van der Waals surface area contributed by atoms with Gasteiger partial charge in [0.25, 0.3) is 5.91 Å². The number of nitrogens with zero attached hydrogens (tertiary/aromatic N) is 2. The third kappa shape index (κ3) is 2.76. The van der Waals surface area contributed by atoms with E-state index in [1.165, 1.54) is 11.1 Å². The van der Waals surface area contributed by atoms with Gasteiger partial charge in [-0.3, -0.25) is 9.89 Å². The average molecular weight is 299 g/mol. The van der Waals surface area contributed by atoms with Crippen LogP contribution in [0.25, 0.3) is 0 Å². The Kier molecular flexibility index (Phi) is 3.98. The summed E-state index contributed by atoms with van der Waals surface area (Å²) in [5, 5.41) is 6.95. The minimum atomic E-state index is -0.00814. The molecule has 116 valence electrons. The molecule has 1 aliphatic rings. The number of carbonyl (C=O) groups excluding carboxylic acids is 1. The molecule has 1 N–H and O–H groups in total. The number of aromatic amines is 1. The van der Waals surface area contributed by atoms with Crippen LogP contribution in [0.3, 0.4) is 0 Å². The molecule has 3 rings (SSSR count). The summed E-state index contributed by atoms with van der Waals surface area (Å²) in [4.78, 5) is 14.3. The predicted octanol–water partition coefficient (Wildman–Crippen LogP) is 2.24. The van der Waals surface area contributed by atoms with E-state index in [-0.39, 0.29) is 12.0 Å². The number of hydrogen-bond donors (Lipinski definition) is 1. The number of hydrogen-bond acceptors (Lipinski definition) is 3. The molecule has 0 fully saturated rings. The second-order valence-corrected chi connectivity index (χ2v) is 5.90. The van der Waals surface area contributed by atoms with Crippen LogP contribution in [-0.2, 0) is 17.8 Å². The maximum Gasteiger partial charge on any atom is 0.257 e. The molecule has 5 nitrogen and oxygen atoms in total. The summed E-state index contributed by atoms with van der Waals surface area (Å²) < 4.78 is 5.89. The van der Waals surface area contributed by atoms with Crippen molar-refractivity contribution in [2.75, 3.05) is 13.6 Å². The van der Waals surface area contributed by atoms with E-state index in [4.69, 9.17) is 4.74 Å². The first-order valence-corrected chi connectivity index (χ1v) is 7.51. The van der Waals surface area contributed by atoms with Gasteiger partial charge in [0, 0.05) is 25.7 Å². The molecule has 0 spiro atoms. The molecule has 0 radical (unpaired) electrons. The molecule has 1 aromatic carbocycles. The standard InChI is InChI=1S/C17H21N3O2/c1-11-16(12(2)19-18-11)17(21)20(3)9-15-8-13-6-4-5-7-14(13)10-22-15/h4-7,15H,8-10H2,1-3H3,(H,18,19). The number of aryl methyl sites for hydroxylation is 2. The summed E-state index contributed by atoms with van der Waals surface area (Å²) in [5.41, 5.74) is 4.77. The summed E-state index contributed by atoms with van der Waals surface area (Å²) in [6, 6.07) is 8.31. The predicted molar refractivity (Wildman–Crippen MR) is 83.7 cm³/mol. The molecular weight excluding hydrogens is 278 g/mol. The van der Waals surface area contributed by atoms with E-state index in [1.807, 2.05) is 33.0 Å². The van der Waals surface area contributed by atoms with Gasteiger partial charge in [0.05, 0.1) is 24.0 Å². The smallest absolute Gasteiger partial charge is 0.257 e. The molecule has 0 saturated carbocycles. The molecule has 0 aliphatic carbocycles. The number of likely N-dealkylation sites (N-methyl/N-ethyl adjacent to an activating group) is 1. The molecule has 22 heavy (non-hydrogen) atoms. The number of amides is 1. The van der Waals surface area contributed by atoms with E-state index in [2.05, 4.69) is 22.3 Å². The van der Waals surface area contributed by atoms with Crippen molar-refractivity contribution in [3.63, 3.8) is 0 Å². The van der Waals surface area contributed by atoms with Crippen LogP contribution < -0.4 is 0 Å². The van der Waals surface area contributed by atoms with Gasteiger partial charge >= 0.3 is 0 Å². The second kappa shape index (κ2) is 5.93. The van der Waals surface area contributed by atoms with E-state index >= 15 is 0 Å². The largest absolute Gasteiger partial charge is 0.371 e. The van der Waals surface area contributed by atoms with E-state index in [1.54, 1.807) is 4.90 Å². The van der Waals surface area contributed by atoms with Gasteiger partial charge in [-0.15, -0.1) is 0 Å². The molecule has 1 amide bonds. The lowest BCUT2D eigenvalue weighted by Crippen LogP contribution is -2.38. The Morgan fingerprint density at radius 2 is 2.09 bits per heavy atom. The highest BCUT2D eigenvalue weighted by Gasteiger charge is 2.24. The van der Waals surface area contributed by atoms with Crippen molar-refractivity contribution in [1.29, 1.82) is 0 Å². The number of ether oxygens (including phenoxy) is 1. The summed E-state index contributed by atoms with van der Waals surface area (Å²) >= 11 is 0. The number of benzene rings is 1. The first-order chi connectivity index (χ1) is 10.6. The summed E-state index contributed by atoms with van der Waals surface area (Å²) in [5.74, 6) is -0.00814. The highest BCUT2D eigenvalue weighted by atomic mass is 16.5. The Balaban J connectivity index is 1.68. The number of carbonyl (C=O) groups is 1. The topological polar surface area (TPSA) is 58.2 Å². The summed E-state index contributed by atoms with van der Waals surface area (Å²) in [6.07, 6.45) is 0.883. The normalized spacial score (nSPS) is 17.1. The van der Waals surface area contributed by atoms with Crippen molar-refractivity contribution < 1.29 is 9.53 Å².